The van der Waals surface area contributed by atoms with Gasteiger partial charge in [0.1, 0.15) is 0 Å². The van der Waals surface area contributed by atoms with Gasteiger partial charge < -0.3 is 19.9 Å². The van der Waals surface area contributed by atoms with E-state index in [1.165, 1.54) is 6.92 Å². The smallest absolute Gasteiger partial charge is 0.397 e. The quantitative estimate of drug-likeness (QED) is 0.375. The molecule has 2 saturated heterocycles. The zero-order chi connectivity index (χ0) is 23.6. The van der Waals surface area contributed by atoms with Crippen molar-refractivity contribution in [3.63, 3.8) is 0 Å². The van der Waals surface area contributed by atoms with E-state index in [1.807, 2.05) is 30.3 Å². The van der Waals surface area contributed by atoms with Crippen molar-refractivity contribution >= 4 is 23.4 Å². The molecule has 2 aliphatic rings. The number of piperidine rings is 1. The van der Waals surface area contributed by atoms with Crippen molar-refractivity contribution < 1.29 is 29.0 Å². The van der Waals surface area contributed by atoms with Crippen LogP contribution < -0.4 is 5.32 Å². The number of benzene rings is 2. The molecule has 0 aromatic heterocycles. The third-order valence-corrected chi connectivity index (χ3v) is 6.43. The molecule has 174 valence electrons. The van der Waals surface area contributed by atoms with Gasteiger partial charge in [-0.2, -0.15) is 0 Å². The summed E-state index contributed by atoms with van der Waals surface area (Å²) in [6, 6.07) is 16.2. The van der Waals surface area contributed by atoms with Gasteiger partial charge >= 0.3 is 17.8 Å². The molecule has 8 nitrogen and oxygen atoms in total. The predicted molar refractivity (Wildman–Crippen MR) is 120 cm³/mol. The van der Waals surface area contributed by atoms with Crippen molar-refractivity contribution in [2.75, 3.05) is 18.4 Å². The van der Waals surface area contributed by atoms with E-state index in [0.29, 0.717) is 43.6 Å². The lowest BCUT2D eigenvalue weighted by atomic mass is 9.84. The Bertz CT molecular complexity index is 1020. The van der Waals surface area contributed by atoms with Crippen LogP contribution in [0.3, 0.4) is 0 Å². The molecule has 0 radical (unpaired) electrons. The highest BCUT2D eigenvalue weighted by Gasteiger charge is 2.68. The highest BCUT2D eigenvalue weighted by molar-refractivity contribution is 6.31. The zero-order valence-corrected chi connectivity index (χ0v) is 18.7. The fourth-order valence-electron chi connectivity index (χ4n) is 4.48. The van der Waals surface area contributed by atoms with Gasteiger partial charge in [0.15, 0.2) is 11.4 Å². The lowest BCUT2D eigenvalue weighted by Crippen LogP contribution is -2.73. The maximum Gasteiger partial charge on any atom is 0.422 e. The van der Waals surface area contributed by atoms with Gasteiger partial charge in [0.2, 0.25) is 0 Å². The topological polar surface area (TPSA) is 105 Å². The number of ether oxygens (including phenoxy) is 2. The molecular formula is C25H28N2O6. The first-order valence-corrected chi connectivity index (χ1v) is 11.1. The number of hydrogen-bond acceptors (Lipinski definition) is 8. The standard InChI is InChI=1S/C25H28N2O6/c1-3-20(28)18-9-11-19(12-10-18)26-21-14-16-27(15-13-17-7-5-4-6-8-17)25(24(21,2)31)32-22(29)23(30)33-25/h4-12,21,26,31H,3,13-16H2,1-2H3. The van der Waals surface area contributed by atoms with E-state index in [9.17, 15) is 19.5 Å². The summed E-state index contributed by atoms with van der Waals surface area (Å²) >= 11 is 0. The van der Waals surface area contributed by atoms with Crippen molar-refractivity contribution in [2.24, 2.45) is 0 Å². The van der Waals surface area contributed by atoms with E-state index in [1.54, 1.807) is 36.1 Å². The van der Waals surface area contributed by atoms with Gasteiger partial charge in [-0.15, -0.1) is 0 Å². The average Bonchev–Trinajstić information content (AvgIpc) is 3.13. The van der Waals surface area contributed by atoms with Gasteiger partial charge in [-0.05, 0) is 49.6 Å². The van der Waals surface area contributed by atoms with Crippen LogP contribution in [0, 0.1) is 0 Å². The highest BCUT2D eigenvalue weighted by Crippen LogP contribution is 2.43. The second-order valence-corrected chi connectivity index (χ2v) is 8.57. The minimum atomic E-state index is -1.93. The van der Waals surface area contributed by atoms with Crippen LogP contribution in [0.4, 0.5) is 5.69 Å². The number of likely N-dealkylation sites (tertiary alicyclic amines) is 1. The molecule has 0 aliphatic carbocycles. The van der Waals surface area contributed by atoms with Crippen LogP contribution in [-0.4, -0.2) is 58.4 Å². The summed E-state index contributed by atoms with van der Waals surface area (Å²) in [6.45, 7) is 4.15. The summed E-state index contributed by atoms with van der Waals surface area (Å²) in [6.07, 6.45) is 1.55. The molecule has 1 spiro atoms. The van der Waals surface area contributed by atoms with Gasteiger partial charge in [-0.1, -0.05) is 37.3 Å². The molecule has 0 saturated carbocycles. The Kier molecular flexibility index (Phi) is 6.23. The number of hydrogen-bond donors (Lipinski definition) is 2. The summed E-state index contributed by atoms with van der Waals surface area (Å²) in [5.74, 6) is -4.13. The molecule has 8 heteroatoms. The van der Waals surface area contributed by atoms with E-state index in [4.69, 9.17) is 9.47 Å². The Morgan fingerprint density at radius 1 is 1.09 bits per heavy atom. The predicted octanol–water partition coefficient (Wildman–Crippen LogP) is 2.51. The van der Waals surface area contributed by atoms with E-state index in [-0.39, 0.29) is 5.78 Å². The molecule has 33 heavy (non-hydrogen) atoms. The Labute approximate surface area is 192 Å². The molecule has 2 unspecified atom stereocenters. The fourth-order valence-corrected chi connectivity index (χ4v) is 4.48. The van der Waals surface area contributed by atoms with Crippen LogP contribution >= 0.6 is 0 Å². The Balaban J connectivity index is 1.56. The zero-order valence-electron chi connectivity index (χ0n) is 18.7. The largest absolute Gasteiger partial charge is 0.422 e. The van der Waals surface area contributed by atoms with Crippen molar-refractivity contribution in [3.05, 3.63) is 65.7 Å². The molecule has 0 amide bonds. The molecule has 2 atom stereocenters. The van der Waals surface area contributed by atoms with Crippen LogP contribution in [0.1, 0.15) is 42.6 Å². The molecular weight excluding hydrogens is 424 g/mol. The number of nitrogens with one attached hydrogen (secondary N) is 1. The number of ketones is 1. The third kappa shape index (κ3) is 4.24. The molecule has 2 heterocycles. The van der Waals surface area contributed by atoms with Gasteiger partial charge in [-0.25, -0.2) is 14.5 Å². The van der Waals surface area contributed by atoms with Crippen LogP contribution in [0.15, 0.2) is 54.6 Å². The summed E-state index contributed by atoms with van der Waals surface area (Å²) < 4.78 is 10.9. The van der Waals surface area contributed by atoms with Gasteiger partial charge in [0.05, 0.1) is 6.04 Å². The fraction of sp³-hybridized carbons (Fsp3) is 0.400. The first kappa shape index (κ1) is 22.9. The Morgan fingerprint density at radius 2 is 1.73 bits per heavy atom. The number of carbonyl (C=O) groups is 3. The first-order valence-electron chi connectivity index (χ1n) is 11.1. The number of anilines is 1. The molecule has 2 aliphatic heterocycles. The molecule has 2 aromatic carbocycles. The lowest BCUT2D eigenvalue weighted by molar-refractivity contribution is -0.342. The van der Waals surface area contributed by atoms with Gasteiger partial charge in [0, 0.05) is 30.8 Å². The molecule has 2 fully saturated rings. The maximum atomic E-state index is 12.1. The van der Waals surface area contributed by atoms with Crippen molar-refractivity contribution in [3.8, 4) is 0 Å². The summed E-state index contributed by atoms with van der Waals surface area (Å²) in [5.41, 5.74) is 0.629. The minimum Gasteiger partial charge on any atom is -0.397 e. The van der Waals surface area contributed by atoms with Crippen molar-refractivity contribution in [2.45, 2.75) is 50.7 Å². The van der Waals surface area contributed by atoms with Crippen LogP contribution in [0.25, 0.3) is 0 Å². The lowest BCUT2D eigenvalue weighted by Gasteiger charge is -2.52. The number of esters is 2. The monoisotopic (exact) mass is 452 g/mol. The minimum absolute atomic E-state index is 0.0454. The molecule has 2 aromatic rings. The second-order valence-electron chi connectivity index (χ2n) is 8.57. The Hall–Kier alpha value is -3.23. The number of carbonyl (C=O) groups excluding carboxylic acids is 3. The number of aliphatic hydroxyl groups is 1. The molecule has 2 N–H and O–H groups in total. The molecule has 4 rings (SSSR count). The van der Waals surface area contributed by atoms with Crippen LogP contribution in [-0.2, 0) is 25.5 Å². The first-order chi connectivity index (χ1) is 15.8. The summed E-state index contributed by atoms with van der Waals surface area (Å²) in [7, 11) is 0. The van der Waals surface area contributed by atoms with Gasteiger partial charge in [0.25, 0.3) is 0 Å². The van der Waals surface area contributed by atoms with Crippen LogP contribution in [0.5, 0.6) is 0 Å². The number of nitrogens with zero attached hydrogens (tertiary/aromatic N) is 1. The van der Waals surface area contributed by atoms with E-state index in [0.717, 1.165) is 5.56 Å². The van der Waals surface area contributed by atoms with Crippen LogP contribution in [0.2, 0.25) is 0 Å². The van der Waals surface area contributed by atoms with E-state index in [2.05, 4.69) is 5.32 Å². The second kappa shape index (κ2) is 8.96. The van der Waals surface area contributed by atoms with Gasteiger partial charge in [-0.3, -0.25) is 4.79 Å². The van der Waals surface area contributed by atoms with E-state index >= 15 is 0 Å². The van der Waals surface area contributed by atoms with Crippen molar-refractivity contribution in [1.29, 1.82) is 0 Å². The normalized spacial score (nSPS) is 24.4. The van der Waals surface area contributed by atoms with Crippen molar-refractivity contribution in [1.82, 2.24) is 4.90 Å². The number of rotatable bonds is 7. The maximum absolute atomic E-state index is 12.1. The highest BCUT2D eigenvalue weighted by atomic mass is 16.8. The summed E-state index contributed by atoms with van der Waals surface area (Å²) in [5, 5.41) is 14.9. The SMILES string of the molecule is CCC(=O)c1ccc(NC2CCN(CCc3ccccc3)C3(OC(=O)C(=O)O3)C2(C)O)cc1. The number of Topliss-reactive ketones (excluding diaryl/α,β-unsaturated/α-hetero) is 1. The average molecular weight is 453 g/mol. The third-order valence-electron chi connectivity index (χ3n) is 6.43. The Morgan fingerprint density at radius 3 is 2.33 bits per heavy atom. The summed E-state index contributed by atoms with van der Waals surface area (Å²) in [4.78, 5) is 37.7. The molecule has 0 bridgehead atoms. The van der Waals surface area contributed by atoms with E-state index < -0.39 is 29.5 Å².